The van der Waals surface area contributed by atoms with Crippen molar-refractivity contribution in [3.8, 4) is 11.4 Å². The molecule has 0 unspecified atom stereocenters. The largest absolute Gasteiger partial charge is 0.385 e. The summed E-state index contributed by atoms with van der Waals surface area (Å²) in [5, 5.41) is 3.74. The van der Waals surface area contributed by atoms with Gasteiger partial charge < -0.3 is 24.8 Å². The van der Waals surface area contributed by atoms with Crippen LogP contribution in [0, 0.1) is 5.92 Å². The number of H-pyrrole nitrogens is 1. The number of hydrogen-bond donors (Lipinski definition) is 2. The van der Waals surface area contributed by atoms with Crippen molar-refractivity contribution in [3.05, 3.63) is 34.9 Å². The number of hydrogen-bond acceptors (Lipinski definition) is 6. The zero-order valence-electron chi connectivity index (χ0n) is 20.2. The normalized spacial score (nSPS) is 18.6. The highest BCUT2D eigenvalue weighted by molar-refractivity contribution is 9.10. The molecule has 7 nitrogen and oxygen atoms in total. The van der Waals surface area contributed by atoms with E-state index in [4.69, 9.17) is 9.72 Å². The van der Waals surface area contributed by atoms with Crippen molar-refractivity contribution < 1.29 is 4.74 Å². The Morgan fingerprint density at radius 2 is 1.82 bits per heavy atom. The lowest BCUT2D eigenvalue weighted by Gasteiger charge is -2.33. The number of rotatable bonds is 7. The van der Waals surface area contributed by atoms with E-state index in [0.29, 0.717) is 6.04 Å². The Balaban J connectivity index is 1.30. The molecule has 5 rings (SSSR count). The highest BCUT2D eigenvalue weighted by Gasteiger charge is 2.21. The van der Waals surface area contributed by atoms with E-state index in [1.165, 1.54) is 24.9 Å². The SMILES string of the molecule is COCCC1CCN(c2ccc(-c3nc4c(NC5CCN(C)CC5)c(Br)cnc4[nH]3)cc2)CC1. The maximum atomic E-state index is 5.25. The second-order valence-electron chi connectivity index (χ2n) is 9.74. The molecular weight excluding hydrogens is 492 g/mol. The predicted molar refractivity (Wildman–Crippen MR) is 143 cm³/mol. The van der Waals surface area contributed by atoms with Gasteiger partial charge in [0.25, 0.3) is 0 Å². The van der Waals surface area contributed by atoms with E-state index in [1.54, 1.807) is 7.11 Å². The van der Waals surface area contributed by atoms with Crippen molar-refractivity contribution in [2.45, 2.75) is 38.1 Å². The fourth-order valence-corrected chi connectivity index (χ4v) is 5.56. The van der Waals surface area contributed by atoms with Crippen LogP contribution >= 0.6 is 15.9 Å². The molecule has 2 fully saturated rings. The van der Waals surface area contributed by atoms with Crippen molar-refractivity contribution in [2.75, 3.05) is 57.2 Å². The van der Waals surface area contributed by atoms with Crippen LogP contribution in [0.4, 0.5) is 11.4 Å². The van der Waals surface area contributed by atoms with E-state index in [1.807, 2.05) is 6.20 Å². The molecule has 2 aromatic heterocycles. The minimum atomic E-state index is 0.455. The van der Waals surface area contributed by atoms with Crippen LogP contribution in [0.3, 0.4) is 0 Å². The van der Waals surface area contributed by atoms with Crippen LogP contribution in [-0.2, 0) is 4.74 Å². The number of fused-ring (bicyclic) bond motifs is 1. The average Bonchev–Trinajstić information content (AvgIpc) is 3.31. The number of nitrogens with one attached hydrogen (secondary N) is 2. The molecule has 0 bridgehead atoms. The lowest BCUT2D eigenvalue weighted by molar-refractivity contribution is 0.170. The van der Waals surface area contributed by atoms with Gasteiger partial charge in [0.2, 0.25) is 0 Å². The Bertz CT molecular complexity index is 1080. The van der Waals surface area contributed by atoms with Gasteiger partial charge in [-0.1, -0.05) is 0 Å². The molecule has 0 amide bonds. The van der Waals surface area contributed by atoms with Gasteiger partial charge in [0.15, 0.2) is 5.65 Å². The van der Waals surface area contributed by atoms with Crippen molar-refractivity contribution in [2.24, 2.45) is 5.92 Å². The van der Waals surface area contributed by atoms with Crippen molar-refractivity contribution in [3.63, 3.8) is 0 Å². The summed E-state index contributed by atoms with van der Waals surface area (Å²) < 4.78 is 6.21. The lowest BCUT2D eigenvalue weighted by Crippen LogP contribution is -2.36. The first-order chi connectivity index (χ1) is 16.6. The molecule has 1 aromatic carbocycles. The molecule has 0 atom stereocenters. The lowest BCUT2D eigenvalue weighted by atomic mass is 9.93. The third-order valence-corrected chi connectivity index (χ3v) is 7.99. The van der Waals surface area contributed by atoms with Crippen LogP contribution in [0.25, 0.3) is 22.6 Å². The summed E-state index contributed by atoms with van der Waals surface area (Å²) in [6.07, 6.45) is 7.78. The van der Waals surface area contributed by atoms with Crippen LogP contribution < -0.4 is 10.2 Å². The van der Waals surface area contributed by atoms with E-state index in [-0.39, 0.29) is 0 Å². The number of ether oxygens (including phenoxy) is 1. The summed E-state index contributed by atoms with van der Waals surface area (Å²) in [6, 6.07) is 9.24. The summed E-state index contributed by atoms with van der Waals surface area (Å²) >= 11 is 3.69. The van der Waals surface area contributed by atoms with Gasteiger partial charge in [-0.15, -0.1) is 0 Å². The number of piperidine rings is 2. The van der Waals surface area contributed by atoms with Crippen molar-refractivity contribution in [1.82, 2.24) is 19.9 Å². The van der Waals surface area contributed by atoms with Gasteiger partial charge in [0, 0.05) is 50.3 Å². The summed E-state index contributed by atoms with van der Waals surface area (Å²) in [5.74, 6) is 1.65. The third-order valence-electron chi connectivity index (χ3n) is 7.39. The van der Waals surface area contributed by atoms with Crippen LogP contribution in [0.15, 0.2) is 34.9 Å². The number of aromatic amines is 1. The number of aromatic nitrogens is 3. The van der Waals surface area contributed by atoms with E-state index in [9.17, 15) is 0 Å². The summed E-state index contributed by atoms with van der Waals surface area (Å²) in [5.41, 5.74) is 5.12. The fourth-order valence-electron chi connectivity index (χ4n) is 5.16. The number of methoxy groups -OCH3 is 1. The Labute approximate surface area is 210 Å². The second kappa shape index (κ2) is 10.6. The van der Waals surface area contributed by atoms with Crippen LogP contribution in [0.1, 0.15) is 32.1 Å². The quantitative estimate of drug-likeness (QED) is 0.443. The van der Waals surface area contributed by atoms with Crippen molar-refractivity contribution >= 4 is 38.5 Å². The van der Waals surface area contributed by atoms with Gasteiger partial charge in [-0.05, 0) is 98.4 Å². The standard InChI is InChI=1S/C26H35BrN6O/c1-32-12-9-20(10-13-32)29-23-22(27)17-28-26-24(23)30-25(31-26)19-3-5-21(6-4-19)33-14-7-18(8-15-33)11-16-34-2/h3-6,17-18,20H,7-16H2,1-2H3,(H2,28,29,30,31). The van der Waals surface area contributed by atoms with Gasteiger partial charge in [-0.25, -0.2) is 9.97 Å². The van der Waals surface area contributed by atoms with Gasteiger partial charge in [-0.3, -0.25) is 0 Å². The number of likely N-dealkylation sites (tertiary alicyclic amines) is 1. The van der Waals surface area contributed by atoms with Crippen LogP contribution in [0.5, 0.6) is 0 Å². The maximum Gasteiger partial charge on any atom is 0.159 e. The first kappa shape index (κ1) is 23.6. The molecular formula is C26H35BrN6O. The van der Waals surface area contributed by atoms with E-state index >= 15 is 0 Å². The molecule has 0 radical (unpaired) electrons. The number of halogens is 1. The smallest absolute Gasteiger partial charge is 0.159 e. The molecule has 2 N–H and O–H groups in total. The molecule has 3 aromatic rings. The van der Waals surface area contributed by atoms with E-state index in [2.05, 4.69) is 72.3 Å². The first-order valence-corrected chi connectivity index (χ1v) is 13.2. The number of imidazole rings is 1. The Morgan fingerprint density at radius 1 is 1.09 bits per heavy atom. The van der Waals surface area contributed by atoms with Gasteiger partial charge in [-0.2, -0.15) is 0 Å². The molecule has 2 aliphatic heterocycles. The molecule has 0 saturated carbocycles. The molecule has 4 heterocycles. The van der Waals surface area contributed by atoms with Gasteiger partial charge in [0.05, 0.1) is 10.2 Å². The number of pyridine rings is 1. The number of benzene rings is 1. The molecule has 2 saturated heterocycles. The average molecular weight is 528 g/mol. The van der Waals surface area contributed by atoms with Crippen molar-refractivity contribution in [1.29, 1.82) is 0 Å². The minimum Gasteiger partial charge on any atom is -0.385 e. The van der Waals surface area contributed by atoms with Crippen LogP contribution in [-0.4, -0.2) is 72.8 Å². The molecule has 0 spiro atoms. The maximum absolute atomic E-state index is 5.25. The summed E-state index contributed by atoms with van der Waals surface area (Å²) in [4.78, 5) is 17.8. The molecule has 2 aliphatic rings. The first-order valence-electron chi connectivity index (χ1n) is 12.4. The molecule has 182 valence electrons. The highest BCUT2D eigenvalue weighted by atomic mass is 79.9. The number of nitrogens with zero attached hydrogens (tertiary/aromatic N) is 4. The summed E-state index contributed by atoms with van der Waals surface area (Å²) in [7, 11) is 3.98. The Morgan fingerprint density at radius 3 is 2.53 bits per heavy atom. The summed E-state index contributed by atoms with van der Waals surface area (Å²) in [6.45, 7) is 5.33. The topological polar surface area (TPSA) is 69.3 Å². The fraction of sp³-hybridized carbons (Fsp3) is 0.538. The van der Waals surface area contributed by atoms with E-state index < -0.39 is 0 Å². The molecule has 8 heteroatoms. The Kier molecular flexibility index (Phi) is 7.37. The monoisotopic (exact) mass is 526 g/mol. The zero-order valence-corrected chi connectivity index (χ0v) is 21.8. The van der Waals surface area contributed by atoms with Gasteiger partial charge in [0.1, 0.15) is 11.3 Å². The highest BCUT2D eigenvalue weighted by Crippen LogP contribution is 2.33. The van der Waals surface area contributed by atoms with Gasteiger partial charge >= 0.3 is 0 Å². The third kappa shape index (κ3) is 5.24. The molecule has 0 aliphatic carbocycles. The minimum absolute atomic E-state index is 0.455. The number of anilines is 2. The van der Waals surface area contributed by atoms with E-state index in [0.717, 1.165) is 84.3 Å². The van der Waals surface area contributed by atoms with Crippen LogP contribution in [0.2, 0.25) is 0 Å². The predicted octanol–water partition coefficient (Wildman–Crippen LogP) is 5.15. The Hall–Kier alpha value is -2.16. The molecule has 34 heavy (non-hydrogen) atoms. The zero-order chi connectivity index (χ0) is 23.5. The second-order valence-corrected chi connectivity index (χ2v) is 10.6.